The summed E-state index contributed by atoms with van der Waals surface area (Å²) in [5.41, 5.74) is 3.09. The summed E-state index contributed by atoms with van der Waals surface area (Å²) in [4.78, 5) is 21.4. The number of anilines is 2. The van der Waals surface area contributed by atoms with Crippen LogP contribution in [0.25, 0.3) is 27.8 Å². The molecule has 0 bridgehead atoms. The number of hydrogen-bond donors (Lipinski definition) is 0. The van der Waals surface area contributed by atoms with Crippen molar-refractivity contribution in [3.8, 4) is 5.95 Å². The Bertz CT molecular complexity index is 1570. The summed E-state index contributed by atoms with van der Waals surface area (Å²) in [5.74, 6) is 1.99. The largest absolute Gasteiger partial charge is 0.288 e. The summed E-state index contributed by atoms with van der Waals surface area (Å²) >= 11 is 6.61. The van der Waals surface area contributed by atoms with Gasteiger partial charge in [0, 0.05) is 27.9 Å². The lowest BCUT2D eigenvalue weighted by Gasteiger charge is -2.49. The Balaban J connectivity index is 1.49. The van der Waals surface area contributed by atoms with Gasteiger partial charge in [0.15, 0.2) is 0 Å². The second-order valence-corrected chi connectivity index (χ2v) is 10.4. The van der Waals surface area contributed by atoms with Crippen molar-refractivity contribution in [2.75, 3.05) is 4.90 Å². The zero-order chi connectivity index (χ0) is 23.8. The van der Waals surface area contributed by atoms with E-state index in [1.165, 1.54) is 12.0 Å². The standard InChI is InChI=1S/C28H25ClN6/c1-27-15-7-8-16-28(27,2)35(23-20(27)12-9-17-30-23)26-32-24(29)31-25(33-26)34-21-13-5-3-10-18(21)19-11-4-6-14-22(19)34/h3-6,9-14,17H,7-8,15-16H2,1-2H3. The van der Waals surface area contributed by atoms with Gasteiger partial charge in [-0.2, -0.15) is 15.0 Å². The van der Waals surface area contributed by atoms with Gasteiger partial charge in [0.25, 0.3) is 0 Å². The number of para-hydroxylation sites is 2. The van der Waals surface area contributed by atoms with Gasteiger partial charge in [0.1, 0.15) is 5.82 Å². The van der Waals surface area contributed by atoms with Gasteiger partial charge in [0.05, 0.1) is 16.6 Å². The van der Waals surface area contributed by atoms with Gasteiger partial charge in [-0.05, 0) is 49.6 Å². The minimum atomic E-state index is -0.204. The molecular weight excluding hydrogens is 456 g/mol. The minimum absolute atomic E-state index is 0.0407. The first-order valence-electron chi connectivity index (χ1n) is 12.2. The third kappa shape index (κ3) is 2.71. The Morgan fingerprint density at radius 1 is 0.771 bits per heavy atom. The number of hydrogen-bond acceptors (Lipinski definition) is 5. The average Bonchev–Trinajstić information content (AvgIpc) is 3.31. The molecule has 2 atom stereocenters. The number of aromatic nitrogens is 5. The van der Waals surface area contributed by atoms with Gasteiger partial charge in [-0.25, -0.2) is 4.98 Å². The Morgan fingerprint density at radius 2 is 1.43 bits per heavy atom. The number of rotatable bonds is 2. The number of benzene rings is 2. The molecule has 2 unspecified atom stereocenters. The third-order valence-corrected chi connectivity index (χ3v) is 8.60. The summed E-state index contributed by atoms with van der Waals surface area (Å²) in [6, 6.07) is 20.9. The van der Waals surface area contributed by atoms with E-state index < -0.39 is 0 Å². The molecule has 35 heavy (non-hydrogen) atoms. The molecule has 1 aliphatic heterocycles. The second kappa shape index (κ2) is 7.25. The van der Waals surface area contributed by atoms with E-state index in [9.17, 15) is 0 Å². The van der Waals surface area contributed by atoms with Gasteiger partial charge < -0.3 is 0 Å². The van der Waals surface area contributed by atoms with Crippen LogP contribution in [0.3, 0.4) is 0 Å². The molecule has 2 aliphatic rings. The van der Waals surface area contributed by atoms with Crippen molar-refractivity contribution in [1.82, 2.24) is 24.5 Å². The zero-order valence-corrected chi connectivity index (χ0v) is 20.5. The molecule has 1 aliphatic carbocycles. The number of pyridine rings is 1. The molecule has 0 spiro atoms. The molecule has 0 N–H and O–H groups in total. The van der Waals surface area contributed by atoms with Gasteiger partial charge in [-0.3, -0.25) is 9.47 Å². The van der Waals surface area contributed by atoms with E-state index >= 15 is 0 Å². The van der Waals surface area contributed by atoms with Crippen LogP contribution in [0.2, 0.25) is 5.28 Å². The lowest BCUT2D eigenvalue weighted by Crippen LogP contribution is -2.55. The number of nitrogens with zero attached hydrogens (tertiary/aromatic N) is 6. The lowest BCUT2D eigenvalue weighted by molar-refractivity contribution is 0.193. The molecule has 1 saturated carbocycles. The van der Waals surface area contributed by atoms with Crippen molar-refractivity contribution in [3.05, 3.63) is 77.7 Å². The predicted molar refractivity (Wildman–Crippen MR) is 140 cm³/mol. The van der Waals surface area contributed by atoms with Crippen molar-refractivity contribution >= 4 is 45.2 Å². The van der Waals surface area contributed by atoms with E-state index in [1.807, 2.05) is 24.4 Å². The summed E-state index contributed by atoms with van der Waals surface area (Å²) in [5, 5.41) is 2.49. The van der Waals surface area contributed by atoms with Crippen LogP contribution in [0.1, 0.15) is 45.1 Å². The maximum absolute atomic E-state index is 6.61. The van der Waals surface area contributed by atoms with Crippen molar-refractivity contribution in [1.29, 1.82) is 0 Å². The highest BCUT2D eigenvalue weighted by molar-refractivity contribution is 6.28. The van der Waals surface area contributed by atoms with E-state index in [4.69, 9.17) is 21.6 Å². The van der Waals surface area contributed by atoms with Crippen LogP contribution >= 0.6 is 11.6 Å². The number of halogens is 1. The molecule has 5 aromatic rings. The van der Waals surface area contributed by atoms with Crippen molar-refractivity contribution in [2.24, 2.45) is 0 Å². The van der Waals surface area contributed by atoms with Gasteiger partial charge in [-0.1, -0.05) is 62.2 Å². The van der Waals surface area contributed by atoms with E-state index in [-0.39, 0.29) is 16.2 Å². The Labute approximate surface area is 208 Å². The zero-order valence-electron chi connectivity index (χ0n) is 19.7. The van der Waals surface area contributed by atoms with Crippen LogP contribution < -0.4 is 4.90 Å². The molecule has 7 heteroatoms. The Kier molecular flexibility index (Phi) is 4.31. The van der Waals surface area contributed by atoms with Crippen molar-refractivity contribution < 1.29 is 0 Å². The summed E-state index contributed by atoms with van der Waals surface area (Å²) in [6.45, 7) is 4.69. The van der Waals surface area contributed by atoms with E-state index in [2.05, 4.69) is 75.7 Å². The maximum Gasteiger partial charge on any atom is 0.240 e. The highest BCUT2D eigenvalue weighted by Gasteiger charge is 2.59. The molecule has 3 aromatic heterocycles. The van der Waals surface area contributed by atoms with Crippen molar-refractivity contribution in [2.45, 2.75) is 50.5 Å². The molecular formula is C28H25ClN6. The summed E-state index contributed by atoms with van der Waals surface area (Å²) in [6.07, 6.45) is 6.37. The van der Waals surface area contributed by atoms with E-state index in [0.29, 0.717) is 11.9 Å². The lowest BCUT2D eigenvalue weighted by atomic mass is 9.62. The fourth-order valence-electron chi connectivity index (χ4n) is 6.50. The molecule has 174 valence electrons. The molecule has 6 nitrogen and oxygen atoms in total. The third-order valence-electron chi connectivity index (χ3n) is 8.43. The molecule has 2 aromatic carbocycles. The van der Waals surface area contributed by atoms with Crippen molar-refractivity contribution in [3.63, 3.8) is 0 Å². The normalized spacial score (nSPS) is 23.6. The topological polar surface area (TPSA) is 59.7 Å². The first-order chi connectivity index (χ1) is 17.0. The maximum atomic E-state index is 6.61. The quantitative estimate of drug-likeness (QED) is 0.279. The first-order valence-corrected chi connectivity index (χ1v) is 12.5. The second-order valence-electron chi connectivity index (χ2n) is 10.1. The summed E-state index contributed by atoms with van der Waals surface area (Å²) < 4.78 is 2.08. The van der Waals surface area contributed by atoms with Crippen LogP contribution in [0, 0.1) is 0 Å². The Hall–Kier alpha value is -3.51. The average molecular weight is 481 g/mol. The van der Waals surface area contributed by atoms with Crippen LogP contribution in [0.4, 0.5) is 11.8 Å². The van der Waals surface area contributed by atoms with Crippen LogP contribution in [0.15, 0.2) is 66.9 Å². The van der Waals surface area contributed by atoms with Crippen LogP contribution in [-0.2, 0) is 5.41 Å². The molecule has 1 fully saturated rings. The van der Waals surface area contributed by atoms with Crippen LogP contribution in [0.5, 0.6) is 0 Å². The van der Waals surface area contributed by atoms with E-state index in [0.717, 1.165) is 46.9 Å². The minimum Gasteiger partial charge on any atom is -0.288 e. The highest BCUT2D eigenvalue weighted by atomic mass is 35.5. The Morgan fingerprint density at radius 3 is 2.17 bits per heavy atom. The molecule has 0 amide bonds. The van der Waals surface area contributed by atoms with Gasteiger partial charge in [0.2, 0.25) is 17.2 Å². The van der Waals surface area contributed by atoms with Crippen LogP contribution in [-0.4, -0.2) is 30.0 Å². The first kappa shape index (κ1) is 20.8. The van der Waals surface area contributed by atoms with Gasteiger partial charge in [-0.15, -0.1) is 0 Å². The molecule has 0 saturated heterocycles. The SMILES string of the molecule is CC12CCCCC1(C)N(c1nc(Cl)nc(-n3c4ccccc4c4ccccc43)n1)c1ncccc12. The fourth-order valence-corrected chi connectivity index (χ4v) is 6.65. The van der Waals surface area contributed by atoms with E-state index in [1.54, 1.807) is 0 Å². The molecule has 4 heterocycles. The smallest absolute Gasteiger partial charge is 0.240 e. The predicted octanol–water partition coefficient (Wildman–Crippen LogP) is 6.76. The molecule has 0 radical (unpaired) electrons. The summed E-state index contributed by atoms with van der Waals surface area (Å²) in [7, 11) is 0. The number of fused-ring (bicyclic) bond motifs is 6. The fraction of sp³-hybridized carbons (Fsp3) is 0.286. The monoisotopic (exact) mass is 480 g/mol. The molecule has 7 rings (SSSR count). The highest BCUT2D eigenvalue weighted by Crippen LogP contribution is 2.59. The van der Waals surface area contributed by atoms with Gasteiger partial charge >= 0.3 is 0 Å².